The third-order valence-electron chi connectivity index (χ3n) is 3.65. The molecule has 0 aliphatic heterocycles. The van der Waals surface area contributed by atoms with Gasteiger partial charge in [0.15, 0.2) is 0 Å². The Labute approximate surface area is 137 Å². The number of ether oxygens (including phenoxy) is 2. The normalized spacial score (nSPS) is 10.6. The number of carboxylic acid groups (broad SMARTS) is 1. The fourth-order valence-corrected chi connectivity index (χ4v) is 2.55. The standard InChI is InChI=1S/C18H14FNO4/c1-23-12-7-15-17(16(8-12)24-2)13(18(21)22)9-14(20-15)10-4-3-5-11(19)6-10/h3-9H,1-2H3,(H,21,22). The zero-order valence-corrected chi connectivity index (χ0v) is 13.0. The molecule has 2 aromatic carbocycles. The molecular formula is C18H14FNO4. The molecule has 0 atom stereocenters. The van der Waals surface area contributed by atoms with Gasteiger partial charge < -0.3 is 14.6 Å². The number of hydrogen-bond acceptors (Lipinski definition) is 4. The smallest absolute Gasteiger partial charge is 0.336 e. The number of rotatable bonds is 4. The first kappa shape index (κ1) is 15.7. The number of halogens is 1. The van der Waals surface area contributed by atoms with E-state index in [1.807, 2.05) is 0 Å². The predicted octanol–water partition coefficient (Wildman–Crippen LogP) is 3.76. The molecule has 0 unspecified atom stereocenters. The summed E-state index contributed by atoms with van der Waals surface area (Å²) in [6, 6.07) is 10.5. The first-order valence-electron chi connectivity index (χ1n) is 7.09. The van der Waals surface area contributed by atoms with Crippen LogP contribution in [0.1, 0.15) is 10.4 Å². The molecule has 1 heterocycles. The van der Waals surface area contributed by atoms with Gasteiger partial charge in [-0.1, -0.05) is 12.1 Å². The molecule has 0 saturated carbocycles. The van der Waals surface area contributed by atoms with Gasteiger partial charge in [0.1, 0.15) is 17.3 Å². The molecular weight excluding hydrogens is 313 g/mol. The molecule has 0 amide bonds. The Morgan fingerprint density at radius 2 is 1.92 bits per heavy atom. The lowest BCUT2D eigenvalue weighted by Crippen LogP contribution is -2.02. The molecule has 0 aliphatic rings. The van der Waals surface area contributed by atoms with Crippen LogP contribution in [0.5, 0.6) is 11.5 Å². The van der Waals surface area contributed by atoms with E-state index in [2.05, 4.69) is 4.98 Å². The molecule has 3 aromatic rings. The van der Waals surface area contributed by atoms with Crippen LogP contribution in [0.3, 0.4) is 0 Å². The fourth-order valence-electron chi connectivity index (χ4n) is 2.55. The lowest BCUT2D eigenvalue weighted by Gasteiger charge is -2.12. The summed E-state index contributed by atoms with van der Waals surface area (Å²) >= 11 is 0. The Hall–Kier alpha value is -3.15. The molecule has 6 heteroatoms. The number of carboxylic acids is 1. The summed E-state index contributed by atoms with van der Waals surface area (Å²) in [5.74, 6) is -0.711. The fraction of sp³-hybridized carbons (Fsp3) is 0.111. The summed E-state index contributed by atoms with van der Waals surface area (Å²) in [6.07, 6.45) is 0. The highest BCUT2D eigenvalue weighted by molar-refractivity contribution is 6.06. The summed E-state index contributed by atoms with van der Waals surface area (Å²) in [5, 5.41) is 9.93. The average molecular weight is 327 g/mol. The summed E-state index contributed by atoms with van der Waals surface area (Å²) in [7, 11) is 2.94. The number of aromatic nitrogens is 1. The van der Waals surface area contributed by atoms with E-state index in [4.69, 9.17) is 9.47 Å². The van der Waals surface area contributed by atoms with Crippen molar-refractivity contribution in [1.82, 2.24) is 4.98 Å². The minimum absolute atomic E-state index is 0.0266. The van der Waals surface area contributed by atoms with Crippen LogP contribution in [0, 0.1) is 5.82 Å². The van der Waals surface area contributed by atoms with Crippen LogP contribution < -0.4 is 9.47 Å². The van der Waals surface area contributed by atoms with E-state index in [1.165, 1.54) is 32.4 Å². The number of benzene rings is 2. The van der Waals surface area contributed by atoms with Crippen molar-refractivity contribution < 1.29 is 23.8 Å². The molecule has 0 bridgehead atoms. The van der Waals surface area contributed by atoms with Crippen molar-refractivity contribution in [1.29, 1.82) is 0 Å². The summed E-state index contributed by atoms with van der Waals surface area (Å²) in [4.78, 5) is 16.2. The molecule has 0 radical (unpaired) electrons. The van der Waals surface area contributed by atoms with Crippen molar-refractivity contribution in [3.8, 4) is 22.8 Å². The van der Waals surface area contributed by atoms with Crippen molar-refractivity contribution in [3.63, 3.8) is 0 Å². The van der Waals surface area contributed by atoms with Gasteiger partial charge in [0, 0.05) is 17.7 Å². The van der Waals surface area contributed by atoms with Crippen molar-refractivity contribution >= 4 is 16.9 Å². The maximum atomic E-state index is 13.5. The number of methoxy groups -OCH3 is 2. The van der Waals surface area contributed by atoms with E-state index >= 15 is 0 Å². The van der Waals surface area contributed by atoms with Gasteiger partial charge in [0.2, 0.25) is 0 Å². The quantitative estimate of drug-likeness (QED) is 0.790. The number of aromatic carboxylic acids is 1. The van der Waals surface area contributed by atoms with Gasteiger partial charge >= 0.3 is 5.97 Å². The Morgan fingerprint density at radius 3 is 2.54 bits per heavy atom. The average Bonchev–Trinajstić information content (AvgIpc) is 2.59. The highest BCUT2D eigenvalue weighted by Crippen LogP contribution is 2.35. The molecule has 0 aliphatic carbocycles. The topological polar surface area (TPSA) is 68.7 Å². The second-order valence-corrected chi connectivity index (χ2v) is 5.09. The van der Waals surface area contributed by atoms with Crippen LogP contribution >= 0.6 is 0 Å². The first-order chi connectivity index (χ1) is 11.5. The third kappa shape index (κ3) is 2.74. The molecule has 0 spiro atoms. The van der Waals surface area contributed by atoms with Gasteiger partial charge in [-0.2, -0.15) is 0 Å². The highest BCUT2D eigenvalue weighted by Gasteiger charge is 2.18. The number of carbonyl (C=O) groups is 1. The predicted molar refractivity (Wildman–Crippen MR) is 87.2 cm³/mol. The number of fused-ring (bicyclic) bond motifs is 1. The van der Waals surface area contributed by atoms with E-state index in [0.29, 0.717) is 33.7 Å². The Kier molecular flexibility index (Phi) is 4.04. The maximum absolute atomic E-state index is 13.5. The molecule has 5 nitrogen and oxygen atoms in total. The second-order valence-electron chi connectivity index (χ2n) is 5.09. The van der Waals surface area contributed by atoms with Crippen molar-refractivity contribution in [3.05, 3.63) is 53.8 Å². The van der Waals surface area contributed by atoms with E-state index in [-0.39, 0.29) is 5.56 Å². The van der Waals surface area contributed by atoms with Crippen LogP contribution in [0.4, 0.5) is 4.39 Å². The molecule has 3 rings (SSSR count). The summed E-state index contributed by atoms with van der Waals surface area (Å²) in [5.41, 5.74) is 1.26. The van der Waals surface area contributed by atoms with Crippen LogP contribution in [0.25, 0.3) is 22.2 Å². The highest BCUT2D eigenvalue weighted by atomic mass is 19.1. The Morgan fingerprint density at radius 1 is 1.12 bits per heavy atom. The van der Waals surface area contributed by atoms with E-state index in [1.54, 1.807) is 24.3 Å². The zero-order valence-electron chi connectivity index (χ0n) is 13.0. The van der Waals surface area contributed by atoms with Crippen LogP contribution in [0.15, 0.2) is 42.5 Å². The lowest BCUT2D eigenvalue weighted by molar-refractivity contribution is 0.0698. The summed E-state index contributed by atoms with van der Waals surface area (Å²) < 4.78 is 24.0. The molecule has 122 valence electrons. The molecule has 0 saturated heterocycles. The van der Waals surface area contributed by atoms with Gasteiger partial charge in [0.25, 0.3) is 0 Å². The van der Waals surface area contributed by atoms with Gasteiger partial charge in [-0.3, -0.25) is 0 Å². The summed E-state index contributed by atoms with van der Waals surface area (Å²) in [6.45, 7) is 0. The van der Waals surface area contributed by atoms with E-state index in [0.717, 1.165) is 0 Å². The molecule has 24 heavy (non-hydrogen) atoms. The van der Waals surface area contributed by atoms with Gasteiger partial charge in [-0.25, -0.2) is 14.2 Å². The van der Waals surface area contributed by atoms with Crippen molar-refractivity contribution in [2.45, 2.75) is 0 Å². The van der Waals surface area contributed by atoms with Crippen molar-refractivity contribution in [2.24, 2.45) is 0 Å². The zero-order chi connectivity index (χ0) is 17.3. The van der Waals surface area contributed by atoms with E-state index in [9.17, 15) is 14.3 Å². The van der Waals surface area contributed by atoms with Crippen LogP contribution in [-0.4, -0.2) is 30.3 Å². The number of pyridine rings is 1. The van der Waals surface area contributed by atoms with E-state index < -0.39 is 11.8 Å². The second kappa shape index (κ2) is 6.16. The maximum Gasteiger partial charge on any atom is 0.336 e. The van der Waals surface area contributed by atoms with Gasteiger partial charge in [-0.15, -0.1) is 0 Å². The van der Waals surface area contributed by atoms with Crippen molar-refractivity contribution in [2.75, 3.05) is 14.2 Å². The largest absolute Gasteiger partial charge is 0.497 e. The van der Waals surface area contributed by atoms with Crippen LogP contribution in [0.2, 0.25) is 0 Å². The molecule has 1 aromatic heterocycles. The third-order valence-corrected chi connectivity index (χ3v) is 3.65. The van der Waals surface area contributed by atoms with Gasteiger partial charge in [-0.05, 0) is 18.2 Å². The van der Waals surface area contributed by atoms with Gasteiger partial charge in [0.05, 0.1) is 36.4 Å². The Balaban J connectivity index is 2.36. The Bertz CT molecular complexity index is 940. The monoisotopic (exact) mass is 327 g/mol. The SMILES string of the molecule is COc1cc(OC)c2c(C(=O)O)cc(-c3cccc(F)c3)nc2c1. The molecule has 1 N–H and O–H groups in total. The first-order valence-corrected chi connectivity index (χ1v) is 7.09. The minimum atomic E-state index is -1.12. The number of nitrogens with zero attached hydrogens (tertiary/aromatic N) is 1. The minimum Gasteiger partial charge on any atom is -0.497 e. The van der Waals surface area contributed by atoms with Crippen LogP contribution in [-0.2, 0) is 0 Å². The number of hydrogen-bond donors (Lipinski definition) is 1. The lowest BCUT2D eigenvalue weighted by atomic mass is 10.0. The molecule has 0 fully saturated rings.